The monoisotopic (exact) mass is 223 g/mol. The molecule has 0 fully saturated rings. The third-order valence-corrected chi connectivity index (χ3v) is 2.17. The van der Waals surface area contributed by atoms with Crippen molar-refractivity contribution in [3.8, 4) is 0 Å². The van der Waals surface area contributed by atoms with Gasteiger partial charge in [-0.2, -0.15) is 0 Å². The maximum Gasteiger partial charge on any atom is 0.105 e. The largest absolute Gasteiger partial charge is 0.392 e. The molecule has 1 rings (SSSR count). The van der Waals surface area contributed by atoms with Crippen molar-refractivity contribution in [2.75, 3.05) is 6.54 Å². The number of aliphatic hydroxyl groups is 3. The molecule has 0 aliphatic heterocycles. The summed E-state index contributed by atoms with van der Waals surface area (Å²) in [5.41, 5.74) is 9.21. The summed E-state index contributed by atoms with van der Waals surface area (Å²) in [6, 6.07) is 6.59. The highest BCUT2D eigenvalue weighted by Crippen LogP contribution is 2.18. The second-order valence-electron chi connectivity index (χ2n) is 3.33. The van der Waals surface area contributed by atoms with E-state index >= 15 is 0 Å². The molecular formula is C10H13N3O3. The first-order valence-electron chi connectivity index (χ1n) is 4.75. The molecule has 1 aromatic carbocycles. The fourth-order valence-electron chi connectivity index (χ4n) is 1.32. The summed E-state index contributed by atoms with van der Waals surface area (Å²) >= 11 is 0. The van der Waals surface area contributed by atoms with Crippen LogP contribution in [0, 0.1) is 0 Å². The van der Waals surface area contributed by atoms with Crippen LogP contribution in [0.5, 0.6) is 0 Å². The van der Waals surface area contributed by atoms with Crippen molar-refractivity contribution in [2.24, 2.45) is 5.11 Å². The second kappa shape index (κ2) is 6.09. The Morgan fingerprint density at radius 1 is 1.38 bits per heavy atom. The molecule has 0 bridgehead atoms. The summed E-state index contributed by atoms with van der Waals surface area (Å²) in [5, 5.41) is 31.3. The Morgan fingerprint density at radius 3 is 2.75 bits per heavy atom. The van der Waals surface area contributed by atoms with E-state index in [4.69, 9.17) is 10.6 Å². The van der Waals surface area contributed by atoms with E-state index in [0.29, 0.717) is 11.1 Å². The van der Waals surface area contributed by atoms with Gasteiger partial charge in [-0.15, -0.1) is 0 Å². The normalized spacial score (nSPS) is 13.9. The average Bonchev–Trinajstić information content (AvgIpc) is 2.35. The zero-order chi connectivity index (χ0) is 12.0. The Bertz CT molecular complexity index is 391. The number of hydrogen-bond acceptors (Lipinski definition) is 4. The maximum atomic E-state index is 9.72. The van der Waals surface area contributed by atoms with Gasteiger partial charge in [0.25, 0.3) is 0 Å². The molecule has 1 aromatic rings. The molecular weight excluding hydrogens is 210 g/mol. The van der Waals surface area contributed by atoms with Crippen molar-refractivity contribution in [3.63, 3.8) is 0 Å². The maximum absolute atomic E-state index is 9.72. The number of aliphatic hydroxyl groups excluding tert-OH is 3. The fourth-order valence-corrected chi connectivity index (χ4v) is 1.32. The van der Waals surface area contributed by atoms with Gasteiger partial charge in [0.05, 0.1) is 19.3 Å². The molecule has 0 aliphatic carbocycles. The number of rotatable bonds is 5. The van der Waals surface area contributed by atoms with Crippen LogP contribution in [0.2, 0.25) is 0 Å². The summed E-state index contributed by atoms with van der Waals surface area (Å²) in [5.74, 6) is 0. The van der Waals surface area contributed by atoms with Gasteiger partial charge in [-0.1, -0.05) is 29.4 Å². The molecule has 0 radical (unpaired) electrons. The Balaban J connectivity index is 2.78. The van der Waals surface area contributed by atoms with Crippen LogP contribution in [0.25, 0.3) is 10.4 Å². The predicted octanol–water partition coefficient (Wildman–Crippen LogP) is 0.883. The van der Waals surface area contributed by atoms with Crippen molar-refractivity contribution in [3.05, 3.63) is 45.8 Å². The van der Waals surface area contributed by atoms with E-state index in [1.807, 2.05) is 0 Å². The smallest absolute Gasteiger partial charge is 0.105 e. The highest BCUT2D eigenvalue weighted by molar-refractivity contribution is 5.25. The number of benzene rings is 1. The summed E-state index contributed by atoms with van der Waals surface area (Å²) in [7, 11) is 0. The van der Waals surface area contributed by atoms with Crippen LogP contribution in [-0.4, -0.2) is 28.0 Å². The zero-order valence-corrected chi connectivity index (χ0v) is 8.56. The lowest BCUT2D eigenvalue weighted by Gasteiger charge is -2.16. The van der Waals surface area contributed by atoms with Crippen LogP contribution < -0.4 is 0 Å². The number of azide groups is 1. The lowest BCUT2D eigenvalue weighted by Crippen LogP contribution is -2.21. The van der Waals surface area contributed by atoms with Crippen LogP contribution in [0.1, 0.15) is 17.2 Å². The molecule has 86 valence electrons. The van der Waals surface area contributed by atoms with Gasteiger partial charge in [0.1, 0.15) is 6.10 Å². The van der Waals surface area contributed by atoms with E-state index in [9.17, 15) is 10.2 Å². The summed E-state index contributed by atoms with van der Waals surface area (Å²) in [6.45, 7) is -0.325. The second-order valence-corrected chi connectivity index (χ2v) is 3.33. The zero-order valence-electron chi connectivity index (χ0n) is 8.56. The molecule has 0 saturated carbocycles. The van der Waals surface area contributed by atoms with Crippen LogP contribution in [0.15, 0.2) is 29.4 Å². The summed E-state index contributed by atoms with van der Waals surface area (Å²) in [6.07, 6.45) is -2.28. The topological polar surface area (TPSA) is 109 Å². The molecule has 6 nitrogen and oxygen atoms in total. The molecule has 0 amide bonds. The highest BCUT2D eigenvalue weighted by atomic mass is 16.3. The Morgan fingerprint density at radius 2 is 2.12 bits per heavy atom. The molecule has 0 aliphatic rings. The Hall–Kier alpha value is -1.59. The van der Waals surface area contributed by atoms with E-state index < -0.39 is 12.2 Å². The van der Waals surface area contributed by atoms with Gasteiger partial charge in [-0.05, 0) is 16.7 Å². The minimum atomic E-state index is -1.15. The molecule has 0 saturated heterocycles. The van der Waals surface area contributed by atoms with Crippen molar-refractivity contribution in [2.45, 2.75) is 18.8 Å². The molecule has 0 aromatic heterocycles. The predicted molar refractivity (Wildman–Crippen MR) is 57.3 cm³/mol. The summed E-state index contributed by atoms with van der Waals surface area (Å²) < 4.78 is 0. The van der Waals surface area contributed by atoms with Crippen LogP contribution in [-0.2, 0) is 6.61 Å². The van der Waals surface area contributed by atoms with E-state index in [-0.39, 0.29) is 13.2 Å². The lowest BCUT2D eigenvalue weighted by atomic mass is 10.0. The van der Waals surface area contributed by atoms with E-state index in [2.05, 4.69) is 10.0 Å². The third kappa shape index (κ3) is 3.22. The molecule has 2 unspecified atom stereocenters. The van der Waals surface area contributed by atoms with Crippen molar-refractivity contribution >= 4 is 0 Å². The van der Waals surface area contributed by atoms with Crippen LogP contribution >= 0.6 is 0 Å². The highest BCUT2D eigenvalue weighted by Gasteiger charge is 2.17. The van der Waals surface area contributed by atoms with Gasteiger partial charge in [0.2, 0.25) is 0 Å². The van der Waals surface area contributed by atoms with E-state index in [1.54, 1.807) is 24.3 Å². The van der Waals surface area contributed by atoms with Gasteiger partial charge >= 0.3 is 0 Å². The van der Waals surface area contributed by atoms with E-state index in [0.717, 1.165) is 0 Å². The first-order chi connectivity index (χ1) is 7.69. The Kier molecular flexibility index (Phi) is 4.75. The van der Waals surface area contributed by atoms with E-state index in [1.165, 1.54) is 0 Å². The van der Waals surface area contributed by atoms with Crippen LogP contribution in [0.4, 0.5) is 0 Å². The van der Waals surface area contributed by atoms with Gasteiger partial charge in [0, 0.05) is 4.91 Å². The molecule has 0 spiro atoms. The first-order valence-corrected chi connectivity index (χ1v) is 4.75. The quantitative estimate of drug-likeness (QED) is 0.391. The Labute approximate surface area is 92.4 Å². The SMILES string of the molecule is [N-]=[N+]=NCC(O)C(O)c1cccc(CO)c1. The van der Waals surface area contributed by atoms with Crippen LogP contribution in [0.3, 0.4) is 0 Å². The first kappa shape index (κ1) is 12.5. The summed E-state index contributed by atoms with van der Waals surface area (Å²) in [4.78, 5) is 2.50. The van der Waals surface area contributed by atoms with Crippen molar-refractivity contribution in [1.82, 2.24) is 0 Å². The third-order valence-electron chi connectivity index (χ3n) is 2.17. The molecule has 0 heterocycles. The lowest BCUT2D eigenvalue weighted by molar-refractivity contribution is 0.0243. The minimum absolute atomic E-state index is 0.132. The van der Waals surface area contributed by atoms with Gasteiger partial charge in [-0.3, -0.25) is 0 Å². The minimum Gasteiger partial charge on any atom is -0.392 e. The van der Waals surface area contributed by atoms with Crippen molar-refractivity contribution in [1.29, 1.82) is 0 Å². The standard InChI is InChI=1S/C10H13N3O3/c11-13-12-5-9(15)10(16)8-3-1-2-7(4-8)6-14/h1-4,9-10,14-16H,5-6H2. The fraction of sp³-hybridized carbons (Fsp3) is 0.400. The molecule has 6 heteroatoms. The average molecular weight is 223 g/mol. The number of nitrogens with zero attached hydrogens (tertiary/aromatic N) is 3. The van der Waals surface area contributed by atoms with Crippen molar-refractivity contribution < 1.29 is 15.3 Å². The molecule has 16 heavy (non-hydrogen) atoms. The molecule has 3 N–H and O–H groups in total. The van der Waals surface area contributed by atoms with Gasteiger partial charge in [-0.25, -0.2) is 0 Å². The van der Waals surface area contributed by atoms with Gasteiger partial charge in [0.15, 0.2) is 0 Å². The van der Waals surface area contributed by atoms with Gasteiger partial charge < -0.3 is 15.3 Å². The number of hydrogen-bond donors (Lipinski definition) is 3. The molecule has 2 atom stereocenters.